The molecule has 0 fully saturated rings. The van der Waals surface area contributed by atoms with Crippen molar-refractivity contribution in [2.24, 2.45) is 14.1 Å². The smallest absolute Gasteiger partial charge is 0.406 e. The monoisotopic (exact) mass is 896 g/mol. The van der Waals surface area contributed by atoms with Gasteiger partial charge in [0.1, 0.15) is 22.9 Å². The van der Waals surface area contributed by atoms with E-state index < -0.39 is 47.6 Å². The first-order valence-corrected chi connectivity index (χ1v) is 19.5. The van der Waals surface area contributed by atoms with Crippen LogP contribution in [0.4, 0.5) is 49.4 Å². The summed E-state index contributed by atoms with van der Waals surface area (Å²) >= 11 is 0. The van der Waals surface area contributed by atoms with Gasteiger partial charge in [-0.25, -0.2) is 0 Å². The van der Waals surface area contributed by atoms with Gasteiger partial charge in [0.05, 0.1) is 23.6 Å². The van der Waals surface area contributed by atoms with Gasteiger partial charge in [-0.2, -0.15) is 9.36 Å². The van der Waals surface area contributed by atoms with Crippen molar-refractivity contribution in [1.82, 2.24) is 28.7 Å². The first kappa shape index (κ1) is 44.8. The van der Waals surface area contributed by atoms with Gasteiger partial charge in [0, 0.05) is 61.6 Å². The molecule has 6 aromatic rings. The predicted octanol–water partition coefficient (Wildman–Crippen LogP) is 4.85. The first-order chi connectivity index (χ1) is 30.2. The highest BCUT2D eigenvalue weighted by Crippen LogP contribution is 2.30. The molecular weight excluding hydrogens is 858 g/mol. The molecule has 0 aliphatic heterocycles. The number of benzene rings is 2. The molecule has 64 heavy (non-hydrogen) atoms. The van der Waals surface area contributed by atoms with Crippen LogP contribution in [0.1, 0.15) is 35.1 Å². The highest BCUT2D eigenvalue weighted by molar-refractivity contribution is 5.62. The molecule has 8 rings (SSSR count). The maximum absolute atomic E-state index is 13.1. The summed E-state index contributed by atoms with van der Waals surface area (Å²) in [5.41, 5.74) is 1.22. The number of rotatable bonds is 8. The van der Waals surface area contributed by atoms with Crippen LogP contribution >= 0.6 is 0 Å². The van der Waals surface area contributed by atoms with E-state index in [-0.39, 0.29) is 58.3 Å². The van der Waals surface area contributed by atoms with Gasteiger partial charge >= 0.3 is 12.7 Å². The number of ether oxygens (including phenoxy) is 2. The van der Waals surface area contributed by atoms with E-state index in [2.05, 4.69) is 30.3 Å². The Labute approximate surface area is 357 Å². The molecule has 2 aromatic carbocycles. The third-order valence-corrected chi connectivity index (χ3v) is 10.3. The van der Waals surface area contributed by atoms with Crippen LogP contribution in [0.3, 0.4) is 0 Å². The molecular formula is C42H38F6N8O8. The number of anilines is 4. The number of alkyl halides is 6. The van der Waals surface area contributed by atoms with Crippen molar-refractivity contribution in [2.45, 2.75) is 63.5 Å². The molecule has 22 heteroatoms. The predicted molar refractivity (Wildman–Crippen MR) is 219 cm³/mol. The Morgan fingerprint density at radius 3 is 1.39 bits per heavy atom. The maximum atomic E-state index is 13.1. The van der Waals surface area contributed by atoms with E-state index in [4.69, 9.17) is 0 Å². The number of aliphatic hydroxyl groups is 2. The Kier molecular flexibility index (Phi) is 12.5. The Balaban J connectivity index is 0.000000191. The zero-order chi connectivity index (χ0) is 46.1. The van der Waals surface area contributed by atoms with E-state index in [0.717, 1.165) is 33.6 Å². The number of halogens is 6. The third kappa shape index (κ3) is 10.2. The van der Waals surface area contributed by atoms with Crippen molar-refractivity contribution >= 4 is 23.0 Å². The quantitative estimate of drug-likeness (QED) is 0.152. The number of nitrogens with zero attached hydrogens (tertiary/aromatic N) is 6. The molecule has 2 aliphatic carbocycles. The van der Waals surface area contributed by atoms with E-state index in [1.807, 2.05) is 0 Å². The molecule has 2 aliphatic rings. The molecule has 2 atom stereocenters. The Morgan fingerprint density at radius 2 is 0.953 bits per heavy atom. The van der Waals surface area contributed by atoms with Gasteiger partial charge in [0.25, 0.3) is 22.2 Å². The second-order valence-corrected chi connectivity index (χ2v) is 14.8. The highest BCUT2D eigenvalue weighted by atomic mass is 19.4. The summed E-state index contributed by atoms with van der Waals surface area (Å²) in [5.74, 6) is -0.377. The Hall–Kier alpha value is -7.20. The van der Waals surface area contributed by atoms with Crippen molar-refractivity contribution in [3.8, 4) is 22.9 Å². The van der Waals surface area contributed by atoms with Crippen LogP contribution in [0.15, 0.2) is 104 Å². The van der Waals surface area contributed by atoms with Crippen molar-refractivity contribution in [3.63, 3.8) is 0 Å². The summed E-state index contributed by atoms with van der Waals surface area (Å²) in [6, 6.07) is 15.9. The number of pyridine rings is 2. The minimum Gasteiger partial charge on any atom is -0.406 e. The highest BCUT2D eigenvalue weighted by Gasteiger charge is 2.32. The molecule has 0 saturated heterocycles. The number of fused-ring (bicyclic) bond motifs is 2. The Morgan fingerprint density at radius 1 is 0.562 bits per heavy atom. The van der Waals surface area contributed by atoms with Crippen LogP contribution in [-0.4, -0.2) is 63.8 Å². The molecule has 2 unspecified atom stereocenters. The maximum Gasteiger partial charge on any atom is 0.573 e. The largest absolute Gasteiger partial charge is 0.573 e. The van der Waals surface area contributed by atoms with Gasteiger partial charge in [-0.05, 0) is 98.5 Å². The lowest BCUT2D eigenvalue weighted by Gasteiger charge is -2.24. The van der Waals surface area contributed by atoms with E-state index in [1.165, 1.54) is 33.4 Å². The van der Waals surface area contributed by atoms with Gasteiger partial charge < -0.3 is 39.5 Å². The second-order valence-electron chi connectivity index (χ2n) is 14.8. The fourth-order valence-electron chi connectivity index (χ4n) is 7.23. The van der Waals surface area contributed by atoms with Gasteiger partial charge in [-0.15, -0.1) is 36.5 Å². The lowest BCUT2D eigenvalue weighted by molar-refractivity contribution is -0.275. The van der Waals surface area contributed by atoms with Gasteiger partial charge in [0.2, 0.25) is 0 Å². The lowest BCUT2D eigenvalue weighted by atomic mass is 9.91. The normalized spacial score (nSPS) is 15.8. The average Bonchev–Trinajstić information content (AvgIpc) is 3.23. The fraction of sp³-hybridized carbons (Fsp3) is 0.286. The van der Waals surface area contributed by atoms with Crippen LogP contribution < -0.4 is 42.3 Å². The molecule has 4 aromatic heterocycles. The number of hydrogen-bond donors (Lipinski definition) is 4. The topological polar surface area (TPSA) is 197 Å². The average molecular weight is 897 g/mol. The molecule has 0 radical (unpaired) electrons. The number of aromatic nitrogens is 6. The number of aryl methyl sites for hydroxylation is 2. The number of nitrogens with one attached hydrogen (secondary N) is 2. The third-order valence-electron chi connectivity index (χ3n) is 10.3. The fourth-order valence-corrected chi connectivity index (χ4v) is 7.23. The van der Waals surface area contributed by atoms with Crippen LogP contribution in [0, 0.1) is 0 Å². The molecule has 0 spiro atoms. The van der Waals surface area contributed by atoms with Crippen molar-refractivity contribution < 1.29 is 46.0 Å². The Bertz CT molecular complexity index is 2930. The summed E-state index contributed by atoms with van der Waals surface area (Å²) < 4.78 is 87.1. The van der Waals surface area contributed by atoms with Gasteiger partial charge in [-0.3, -0.25) is 19.2 Å². The summed E-state index contributed by atoms with van der Waals surface area (Å²) in [5, 5.41) is 34.8. The molecule has 16 nitrogen and oxygen atoms in total. The van der Waals surface area contributed by atoms with Crippen molar-refractivity contribution in [1.29, 1.82) is 0 Å². The summed E-state index contributed by atoms with van der Waals surface area (Å²) in [4.78, 5) is 51.0. The second kappa shape index (κ2) is 17.9. The zero-order valence-corrected chi connectivity index (χ0v) is 33.8. The van der Waals surface area contributed by atoms with E-state index in [1.54, 1.807) is 50.8 Å². The van der Waals surface area contributed by atoms with Crippen LogP contribution in [0.25, 0.3) is 11.4 Å². The summed E-state index contributed by atoms with van der Waals surface area (Å²) in [7, 11) is 3.18. The molecule has 0 bridgehead atoms. The summed E-state index contributed by atoms with van der Waals surface area (Å²) in [6.07, 6.45) is -6.05. The lowest BCUT2D eigenvalue weighted by Crippen LogP contribution is -2.33. The minimum atomic E-state index is -4.84. The first-order valence-electron chi connectivity index (χ1n) is 19.5. The minimum absolute atomic E-state index is 0.105. The molecule has 4 heterocycles. The molecule has 4 N–H and O–H groups in total. The number of hydrogen-bond acceptors (Lipinski definition) is 12. The van der Waals surface area contributed by atoms with Gasteiger partial charge in [-0.1, -0.05) is 0 Å². The van der Waals surface area contributed by atoms with Gasteiger partial charge in [0.15, 0.2) is 11.6 Å². The standard InChI is InChI=1S/2C21H19F3N4O4/c1-27-10-2-3-17(20(27)31)25-18-16-11-13(29)6-9-15(16)19(30)28(26-18)12-4-7-14(8-5-12)32-21(22,23)24;1-27-10-2-3-17(20(27)31)25-18-15-9-6-13(29)11-16(15)19(30)28(26-18)12-4-7-14(8-5-12)32-21(22,23)24/h2*2-5,7-8,10,13,29H,6,9,11H2,1H3,(H,25,26). The summed E-state index contributed by atoms with van der Waals surface area (Å²) in [6.45, 7) is 0. The molecule has 0 amide bonds. The number of aliphatic hydroxyl groups excluding tert-OH is 2. The molecule has 0 saturated carbocycles. The molecule has 336 valence electrons. The van der Waals surface area contributed by atoms with E-state index in [0.29, 0.717) is 47.9 Å². The zero-order valence-electron chi connectivity index (χ0n) is 33.8. The van der Waals surface area contributed by atoms with Crippen molar-refractivity contribution in [3.05, 3.63) is 149 Å². The van der Waals surface area contributed by atoms with Crippen LogP contribution in [-0.2, 0) is 39.8 Å². The van der Waals surface area contributed by atoms with Crippen LogP contribution in [0.2, 0.25) is 0 Å². The van der Waals surface area contributed by atoms with Crippen molar-refractivity contribution in [2.75, 3.05) is 10.6 Å². The van der Waals surface area contributed by atoms with E-state index in [9.17, 15) is 55.7 Å². The SMILES string of the molecule is Cn1cccc(Nc2nn(-c3ccc(OC(F)(F)F)cc3)c(=O)c3c2CC(O)CC3)c1=O.Cn1cccc(Nc2nn(-c3ccc(OC(F)(F)F)cc3)c(=O)c3c2CCC(O)C3)c1=O. The van der Waals surface area contributed by atoms with Crippen LogP contribution in [0.5, 0.6) is 11.5 Å². The van der Waals surface area contributed by atoms with E-state index >= 15 is 0 Å².